The van der Waals surface area contributed by atoms with E-state index in [9.17, 15) is 31.5 Å². The topological polar surface area (TPSA) is 109 Å². The van der Waals surface area contributed by atoms with Gasteiger partial charge < -0.3 is 29.0 Å². The van der Waals surface area contributed by atoms with Crippen LogP contribution in [0.4, 0.5) is 38.3 Å². The van der Waals surface area contributed by atoms with Crippen LogP contribution in [0.15, 0.2) is 25.0 Å². The number of amides is 2. The maximum Gasteiger partial charge on any atom is 0.421 e. The molecular weight excluding hydrogens is 655 g/mol. The van der Waals surface area contributed by atoms with E-state index in [-0.39, 0.29) is 70.6 Å². The van der Waals surface area contributed by atoms with E-state index < -0.39 is 53.2 Å². The molecule has 12 nitrogen and oxygen atoms in total. The van der Waals surface area contributed by atoms with E-state index in [4.69, 9.17) is 16.0 Å². The molecule has 3 aliphatic heterocycles. The number of likely N-dealkylation sites (tertiary alicyclic amines) is 1. The molecule has 0 radical (unpaired) electrons. The second kappa shape index (κ2) is 14.0. The van der Waals surface area contributed by atoms with Gasteiger partial charge in [0.05, 0.1) is 42.9 Å². The third kappa shape index (κ3) is 7.94. The fourth-order valence-electron chi connectivity index (χ4n) is 6.31. The third-order valence-electron chi connectivity index (χ3n) is 8.46. The number of ether oxygens (including phenoxy) is 2. The lowest BCUT2D eigenvalue weighted by atomic mass is 10.0. The van der Waals surface area contributed by atoms with Crippen molar-refractivity contribution in [2.24, 2.45) is 0 Å². The van der Waals surface area contributed by atoms with Crippen LogP contribution in [0.3, 0.4) is 0 Å². The largest absolute Gasteiger partial charge is 0.461 e. The number of nitrogens with zero attached hydrogens (tertiary/aromatic N) is 8. The van der Waals surface area contributed by atoms with Gasteiger partial charge in [0.25, 0.3) is 0 Å². The number of aromatic nitrogens is 3. The molecule has 2 aromatic heterocycles. The number of carbonyl (C=O) groups is 2. The van der Waals surface area contributed by atoms with E-state index in [2.05, 4.69) is 26.4 Å². The standard InChI is InChI=1S/C32H37F5N8O4/c1-6-26(46)44-10-9-43(16-21(44)12-38-5)28-22-7-8-42(25-14-39-13-23(34)27(25)32(35,36)37)17-24(22)40-29(41-28)48-18-20-11-19(33)15-45(20)30(47)49-31(2,3)4/h6,13-14,19-21H,1,7-12,15-18H2,2-4H3/t19-,20+,21+/m1/s1. The van der Waals surface area contributed by atoms with Gasteiger partial charge in [-0.05, 0) is 33.3 Å². The summed E-state index contributed by atoms with van der Waals surface area (Å²) in [6, 6.07) is -1.38. The van der Waals surface area contributed by atoms with Crippen molar-refractivity contribution in [2.45, 2.75) is 70.2 Å². The van der Waals surface area contributed by atoms with E-state index in [0.717, 1.165) is 6.20 Å². The summed E-state index contributed by atoms with van der Waals surface area (Å²) >= 11 is 0. The Labute approximate surface area is 280 Å². The highest BCUT2D eigenvalue weighted by atomic mass is 19.4. The number of hydrogen-bond donors (Lipinski definition) is 0. The van der Waals surface area contributed by atoms with Crippen molar-refractivity contribution in [3.8, 4) is 6.01 Å². The van der Waals surface area contributed by atoms with Crippen LogP contribution in [0.1, 0.15) is 44.0 Å². The minimum Gasteiger partial charge on any atom is -0.461 e. The average Bonchev–Trinajstić information content (AvgIpc) is 3.41. The molecule has 0 N–H and O–H groups in total. The summed E-state index contributed by atoms with van der Waals surface area (Å²) < 4.78 is 82.2. The van der Waals surface area contributed by atoms with Crippen molar-refractivity contribution in [3.05, 3.63) is 59.1 Å². The maximum atomic E-state index is 14.5. The Bertz CT molecular complexity index is 1630. The van der Waals surface area contributed by atoms with Crippen molar-refractivity contribution in [1.29, 1.82) is 0 Å². The molecule has 5 rings (SSSR count). The zero-order valence-corrected chi connectivity index (χ0v) is 27.3. The van der Waals surface area contributed by atoms with Gasteiger partial charge in [0.2, 0.25) is 12.5 Å². The van der Waals surface area contributed by atoms with Gasteiger partial charge in [-0.1, -0.05) is 6.58 Å². The van der Waals surface area contributed by atoms with Gasteiger partial charge in [0.1, 0.15) is 35.8 Å². The molecule has 0 aliphatic carbocycles. The molecule has 3 aliphatic rings. The highest BCUT2D eigenvalue weighted by Gasteiger charge is 2.41. The predicted molar refractivity (Wildman–Crippen MR) is 167 cm³/mol. The van der Waals surface area contributed by atoms with E-state index in [1.165, 1.54) is 15.9 Å². The van der Waals surface area contributed by atoms with E-state index in [0.29, 0.717) is 29.8 Å². The lowest BCUT2D eigenvalue weighted by molar-refractivity contribution is -0.139. The molecule has 3 atom stereocenters. The Balaban J connectivity index is 1.48. The molecule has 2 amide bonds. The van der Waals surface area contributed by atoms with Crippen molar-refractivity contribution in [2.75, 3.05) is 55.7 Å². The summed E-state index contributed by atoms with van der Waals surface area (Å²) in [6.45, 7) is 16.4. The fourth-order valence-corrected chi connectivity index (χ4v) is 6.31. The molecule has 49 heavy (non-hydrogen) atoms. The highest BCUT2D eigenvalue weighted by Crippen LogP contribution is 2.40. The van der Waals surface area contributed by atoms with Crippen LogP contribution in [-0.4, -0.2) is 106 Å². The number of rotatable bonds is 7. The van der Waals surface area contributed by atoms with Crippen LogP contribution in [0, 0.1) is 12.4 Å². The summed E-state index contributed by atoms with van der Waals surface area (Å²) in [5, 5.41) is 0. The molecule has 0 spiro atoms. The number of carbonyl (C=O) groups excluding carboxylic acids is 2. The minimum atomic E-state index is -4.98. The molecular formula is C32H37F5N8O4. The Morgan fingerprint density at radius 1 is 1.08 bits per heavy atom. The number of fused-ring (bicyclic) bond motifs is 1. The number of hydrogen-bond acceptors (Lipinski definition) is 9. The molecule has 2 fully saturated rings. The lowest BCUT2D eigenvalue weighted by Gasteiger charge is -2.41. The van der Waals surface area contributed by atoms with Gasteiger partial charge >= 0.3 is 18.3 Å². The molecule has 0 saturated carbocycles. The minimum absolute atomic E-state index is 0.0137. The summed E-state index contributed by atoms with van der Waals surface area (Å²) in [5.41, 5.74) is -1.76. The molecule has 17 heteroatoms. The molecule has 2 aromatic rings. The van der Waals surface area contributed by atoms with E-state index >= 15 is 0 Å². The van der Waals surface area contributed by atoms with Gasteiger partial charge in [0, 0.05) is 38.2 Å². The van der Waals surface area contributed by atoms with Crippen molar-refractivity contribution in [3.63, 3.8) is 0 Å². The first-order valence-electron chi connectivity index (χ1n) is 15.7. The Hall–Kier alpha value is -4.75. The number of anilines is 2. The van der Waals surface area contributed by atoms with Gasteiger partial charge in [-0.25, -0.2) is 20.1 Å². The van der Waals surface area contributed by atoms with Gasteiger partial charge in [0.15, 0.2) is 5.82 Å². The van der Waals surface area contributed by atoms with Crippen molar-refractivity contribution < 1.29 is 41.0 Å². The number of piperazine rings is 1. The average molecular weight is 693 g/mol. The zero-order valence-electron chi connectivity index (χ0n) is 27.3. The first-order chi connectivity index (χ1) is 23.1. The molecule has 5 heterocycles. The summed E-state index contributed by atoms with van der Waals surface area (Å²) in [6.07, 6.45) is -4.19. The fraction of sp³-hybridized carbons (Fsp3) is 0.562. The zero-order chi connectivity index (χ0) is 35.7. The number of pyridine rings is 1. The first kappa shape index (κ1) is 35.6. The normalized spacial score (nSPS) is 21.2. The predicted octanol–water partition coefficient (Wildman–Crippen LogP) is 4.44. The maximum absolute atomic E-state index is 14.5. The van der Waals surface area contributed by atoms with Crippen LogP contribution in [-0.2, 0) is 28.7 Å². The number of halogens is 5. The van der Waals surface area contributed by atoms with Crippen LogP contribution in [0.5, 0.6) is 6.01 Å². The molecule has 2 saturated heterocycles. The summed E-state index contributed by atoms with van der Waals surface area (Å²) in [5.74, 6) is -1.41. The highest BCUT2D eigenvalue weighted by molar-refractivity contribution is 5.87. The van der Waals surface area contributed by atoms with Crippen LogP contribution in [0.2, 0.25) is 0 Å². The smallest absolute Gasteiger partial charge is 0.421 e. The Kier molecular flexibility index (Phi) is 10.2. The summed E-state index contributed by atoms with van der Waals surface area (Å²) in [7, 11) is 0. The van der Waals surface area contributed by atoms with Crippen LogP contribution >= 0.6 is 0 Å². The first-order valence-corrected chi connectivity index (χ1v) is 15.7. The second-order valence-corrected chi connectivity index (χ2v) is 13.0. The molecule has 0 bridgehead atoms. The lowest BCUT2D eigenvalue weighted by Crippen LogP contribution is -2.56. The van der Waals surface area contributed by atoms with Crippen LogP contribution in [0.25, 0.3) is 4.85 Å². The van der Waals surface area contributed by atoms with E-state index in [1.807, 2.05) is 4.90 Å². The third-order valence-corrected chi connectivity index (χ3v) is 8.46. The second-order valence-electron chi connectivity index (χ2n) is 13.0. The summed E-state index contributed by atoms with van der Waals surface area (Å²) in [4.78, 5) is 47.7. The quantitative estimate of drug-likeness (QED) is 0.237. The van der Waals surface area contributed by atoms with Crippen molar-refractivity contribution in [1.82, 2.24) is 24.8 Å². The monoisotopic (exact) mass is 692 g/mol. The van der Waals surface area contributed by atoms with E-state index in [1.54, 1.807) is 25.7 Å². The molecule has 0 aromatic carbocycles. The Morgan fingerprint density at radius 3 is 2.51 bits per heavy atom. The molecule has 264 valence electrons. The number of alkyl halides is 4. The molecule has 0 unspecified atom stereocenters. The van der Waals surface area contributed by atoms with Crippen LogP contribution < -0.4 is 14.5 Å². The SMILES string of the molecule is [C-]#[N+]C[C@H]1CN(c2nc(OC[C@@H]3C[C@@H](F)CN3C(=O)OC(C)(C)C)nc3c2CCN(c2cncc(F)c2C(F)(F)F)C3)CCN1C(=O)C=C. The van der Waals surface area contributed by atoms with Gasteiger partial charge in [-0.3, -0.25) is 14.7 Å². The van der Waals surface area contributed by atoms with Crippen molar-refractivity contribution >= 4 is 23.5 Å². The van der Waals surface area contributed by atoms with Gasteiger partial charge in [-0.15, -0.1) is 0 Å². The Morgan fingerprint density at radius 2 is 1.84 bits per heavy atom. The van der Waals surface area contributed by atoms with Gasteiger partial charge in [-0.2, -0.15) is 23.1 Å².